The lowest BCUT2D eigenvalue weighted by atomic mass is 10.4. The van der Waals surface area contributed by atoms with Gasteiger partial charge in [-0.15, -0.1) is 0 Å². The molecule has 0 bridgehead atoms. The lowest BCUT2D eigenvalue weighted by molar-refractivity contribution is 0.365. The molecule has 1 rings (SSSR count). The van der Waals surface area contributed by atoms with Gasteiger partial charge in [-0.05, 0) is 7.69 Å². The van der Waals surface area contributed by atoms with Crippen molar-refractivity contribution in [2.24, 2.45) is 0 Å². The van der Waals surface area contributed by atoms with Crippen LogP contribution >= 0.6 is 0 Å². The van der Waals surface area contributed by atoms with Crippen LogP contribution in [0.25, 0.3) is 0 Å². The molecule has 0 unspecified atom stereocenters. The van der Waals surface area contributed by atoms with Crippen LogP contribution < -0.4 is 0 Å². The third-order valence-electron chi connectivity index (χ3n) is 0.455. The molecule has 3 heteroatoms. The molecular formula is C2H4BO2-. The van der Waals surface area contributed by atoms with Crippen molar-refractivity contribution >= 4 is 7.69 Å². The van der Waals surface area contributed by atoms with Crippen molar-refractivity contribution in [2.75, 3.05) is 13.2 Å². The second-order valence-corrected chi connectivity index (χ2v) is 0.838. The molecule has 1 saturated heterocycles. The summed E-state index contributed by atoms with van der Waals surface area (Å²) < 4.78 is 9.19. The Balaban J connectivity index is 2.08. The third kappa shape index (κ3) is 0.632. The Morgan fingerprint density at radius 1 is 1.20 bits per heavy atom. The lowest BCUT2D eigenvalue weighted by Gasteiger charge is -1.97. The Hall–Kier alpha value is -0.0151. The van der Waals surface area contributed by atoms with E-state index >= 15 is 0 Å². The van der Waals surface area contributed by atoms with Gasteiger partial charge in [-0.2, -0.15) is 0 Å². The van der Waals surface area contributed by atoms with Crippen molar-refractivity contribution in [3.8, 4) is 0 Å². The Morgan fingerprint density at radius 3 is 2.00 bits per heavy atom. The van der Waals surface area contributed by atoms with Crippen LogP contribution in [0.3, 0.4) is 0 Å². The first-order chi connectivity index (χ1) is 2.50. The zero-order chi connectivity index (χ0) is 3.54. The number of rotatable bonds is 0. The Bertz CT molecular complexity index is 19.2. The van der Waals surface area contributed by atoms with Crippen molar-refractivity contribution < 1.29 is 9.31 Å². The van der Waals surface area contributed by atoms with Gasteiger partial charge in [-0.25, -0.2) is 0 Å². The summed E-state index contributed by atoms with van der Waals surface area (Å²) in [6.07, 6.45) is 0. The van der Waals surface area contributed by atoms with Crippen molar-refractivity contribution in [3.05, 3.63) is 0 Å². The predicted molar refractivity (Wildman–Crippen MR) is 17.7 cm³/mol. The summed E-state index contributed by atoms with van der Waals surface area (Å²) in [5.74, 6) is 0. The molecule has 1 aliphatic rings. The predicted octanol–water partition coefficient (Wildman–Crippen LogP) is -0.433. The molecule has 0 atom stereocenters. The van der Waals surface area contributed by atoms with Crippen molar-refractivity contribution in [1.29, 1.82) is 0 Å². The van der Waals surface area contributed by atoms with E-state index in [1.807, 2.05) is 0 Å². The highest BCUT2D eigenvalue weighted by molar-refractivity contribution is 6.18. The van der Waals surface area contributed by atoms with Gasteiger partial charge in [0, 0.05) is 13.2 Å². The second-order valence-electron chi connectivity index (χ2n) is 0.838. The van der Waals surface area contributed by atoms with E-state index in [2.05, 4.69) is 9.31 Å². The maximum atomic E-state index is 4.60. The van der Waals surface area contributed by atoms with Gasteiger partial charge in [-0.3, -0.25) is 0 Å². The molecule has 1 fully saturated rings. The van der Waals surface area contributed by atoms with Crippen molar-refractivity contribution in [2.45, 2.75) is 0 Å². The van der Waals surface area contributed by atoms with E-state index in [9.17, 15) is 0 Å². The molecule has 2 nitrogen and oxygen atoms in total. The van der Waals surface area contributed by atoms with Crippen molar-refractivity contribution in [3.63, 3.8) is 0 Å². The number of hydrogen-bond donors (Lipinski definition) is 0. The molecule has 2 radical (unpaired) electrons. The van der Waals surface area contributed by atoms with Gasteiger partial charge in [0.15, 0.2) is 0 Å². The van der Waals surface area contributed by atoms with Crippen LogP contribution in [0.1, 0.15) is 0 Å². The van der Waals surface area contributed by atoms with Gasteiger partial charge in [0.25, 0.3) is 0 Å². The zero-order valence-corrected chi connectivity index (χ0v) is 2.81. The molecule has 0 saturated carbocycles. The normalized spacial score (nSPS) is 24.0. The molecule has 28 valence electrons. The minimum absolute atomic E-state index is 0.722. The van der Waals surface area contributed by atoms with E-state index in [1.165, 1.54) is 7.69 Å². The van der Waals surface area contributed by atoms with Gasteiger partial charge >= 0.3 is 0 Å². The van der Waals surface area contributed by atoms with Crippen molar-refractivity contribution in [1.82, 2.24) is 0 Å². The number of hydrogen-bond acceptors (Lipinski definition) is 2. The SMILES string of the molecule is [B-]1OCCO1. The van der Waals surface area contributed by atoms with Gasteiger partial charge in [0.1, 0.15) is 0 Å². The van der Waals surface area contributed by atoms with Gasteiger partial charge in [0.05, 0.1) is 0 Å². The summed E-state index contributed by atoms with van der Waals surface area (Å²) in [6.45, 7) is 1.44. The first-order valence-corrected chi connectivity index (χ1v) is 1.55. The van der Waals surface area contributed by atoms with Crippen LogP contribution in [0.15, 0.2) is 0 Å². The van der Waals surface area contributed by atoms with Crippen LogP contribution in [0, 0.1) is 0 Å². The minimum Gasteiger partial charge on any atom is -0.624 e. The summed E-state index contributed by atoms with van der Waals surface area (Å²) in [6, 6.07) is 0. The maximum Gasteiger partial charge on any atom is 0.0170 e. The van der Waals surface area contributed by atoms with E-state index in [0.29, 0.717) is 0 Å². The molecule has 0 spiro atoms. The van der Waals surface area contributed by atoms with Crippen LogP contribution in [0.4, 0.5) is 0 Å². The van der Waals surface area contributed by atoms with E-state index in [-0.39, 0.29) is 0 Å². The molecular weight excluding hydrogens is 66.8 g/mol. The van der Waals surface area contributed by atoms with Crippen LogP contribution in [-0.2, 0) is 9.31 Å². The summed E-state index contributed by atoms with van der Waals surface area (Å²) in [4.78, 5) is 0. The van der Waals surface area contributed by atoms with Crippen LogP contribution in [0.2, 0.25) is 0 Å². The second kappa shape index (κ2) is 1.43. The first kappa shape index (κ1) is 3.19. The average molecular weight is 70.9 g/mol. The van der Waals surface area contributed by atoms with E-state index in [1.54, 1.807) is 0 Å². The Morgan fingerprint density at radius 2 is 1.80 bits per heavy atom. The van der Waals surface area contributed by atoms with E-state index in [0.717, 1.165) is 13.2 Å². The summed E-state index contributed by atoms with van der Waals surface area (Å²) in [5.41, 5.74) is 0. The molecule has 0 amide bonds. The molecule has 0 aliphatic carbocycles. The fourth-order valence-corrected chi connectivity index (χ4v) is 0.241. The van der Waals surface area contributed by atoms with Gasteiger partial charge < -0.3 is 9.31 Å². The highest BCUT2D eigenvalue weighted by Gasteiger charge is 1.79. The molecule has 0 N–H and O–H groups in total. The first-order valence-electron chi connectivity index (χ1n) is 1.55. The summed E-state index contributed by atoms with van der Waals surface area (Å²) >= 11 is 0. The van der Waals surface area contributed by atoms with E-state index < -0.39 is 0 Å². The Kier molecular flexibility index (Phi) is 0.910. The molecule has 0 aromatic heterocycles. The van der Waals surface area contributed by atoms with E-state index in [4.69, 9.17) is 0 Å². The molecule has 0 aromatic carbocycles. The lowest BCUT2D eigenvalue weighted by Crippen LogP contribution is -1.83. The fraction of sp³-hybridized carbons (Fsp3) is 1.00. The topological polar surface area (TPSA) is 18.5 Å². The summed E-state index contributed by atoms with van der Waals surface area (Å²) in [5, 5.41) is 0. The largest absolute Gasteiger partial charge is 0.624 e. The summed E-state index contributed by atoms with van der Waals surface area (Å²) in [7, 11) is 1.36. The molecule has 1 aliphatic heterocycles. The van der Waals surface area contributed by atoms with Crippen LogP contribution in [-0.4, -0.2) is 20.9 Å². The van der Waals surface area contributed by atoms with Crippen LogP contribution in [0.5, 0.6) is 0 Å². The Labute approximate surface area is 31.4 Å². The zero-order valence-electron chi connectivity index (χ0n) is 2.81. The monoisotopic (exact) mass is 71.0 g/mol. The quantitative estimate of drug-likeness (QED) is 0.360. The minimum atomic E-state index is 0.722. The molecule has 1 heterocycles. The highest BCUT2D eigenvalue weighted by Crippen LogP contribution is 1.82. The smallest absolute Gasteiger partial charge is 0.0170 e. The van der Waals surface area contributed by atoms with Gasteiger partial charge in [-0.1, -0.05) is 0 Å². The maximum absolute atomic E-state index is 4.60. The van der Waals surface area contributed by atoms with Gasteiger partial charge in [0.2, 0.25) is 0 Å². The third-order valence-corrected chi connectivity index (χ3v) is 0.455. The average Bonchev–Trinajstić information content (AvgIpc) is 1.76. The highest BCUT2D eigenvalue weighted by atomic mass is 16.6. The fourth-order valence-electron chi connectivity index (χ4n) is 0.241. The molecule has 5 heavy (non-hydrogen) atoms. The molecule has 0 aromatic rings. The standard InChI is InChI=1S/C2H4BO2/c1-2-5-3-4-1/h1-2H2/q-1.